The van der Waals surface area contributed by atoms with E-state index in [4.69, 9.17) is 10.5 Å². The monoisotopic (exact) mass is 254 g/mol. The van der Waals surface area contributed by atoms with Gasteiger partial charge in [-0.05, 0) is 38.6 Å². The van der Waals surface area contributed by atoms with Crippen molar-refractivity contribution in [2.45, 2.75) is 69.9 Å². The van der Waals surface area contributed by atoms with Crippen LogP contribution in [-0.2, 0) is 4.74 Å². The molecule has 2 aliphatic rings. The molecule has 1 saturated carbocycles. The Kier molecular flexibility index (Phi) is 5.46. The molecule has 0 aromatic rings. The number of hydrogen-bond acceptors (Lipinski definition) is 3. The quantitative estimate of drug-likeness (QED) is 0.838. The van der Waals surface area contributed by atoms with Crippen molar-refractivity contribution in [2.75, 3.05) is 26.3 Å². The van der Waals surface area contributed by atoms with Gasteiger partial charge in [-0.15, -0.1) is 0 Å². The molecule has 1 unspecified atom stereocenters. The van der Waals surface area contributed by atoms with Crippen molar-refractivity contribution in [3.05, 3.63) is 0 Å². The summed E-state index contributed by atoms with van der Waals surface area (Å²) in [5.74, 6) is 0. The standard InChI is InChI=1S/C15H30N2O/c1-2-17(14-7-4-3-5-8-14)15(13-16)9-6-11-18-12-10-15/h14H,2-13,16H2,1H3. The lowest BCUT2D eigenvalue weighted by Gasteiger charge is -2.48. The topological polar surface area (TPSA) is 38.5 Å². The van der Waals surface area contributed by atoms with Gasteiger partial charge in [0, 0.05) is 31.3 Å². The van der Waals surface area contributed by atoms with Gasteiger partial charge in [0.2, 0.25) is 0 Å². The molecule has 2 fully saturated rings. The lowest BCUT2D eigenvalue weighted by Crippen LogP contribution is -2.58. The Bertz CT molecular complexity index is 231. The Balaban J connectivity index is 2.10. The molecule has 0 amide bonds. The second-order valence-electron chi connectivity index (χ2n) is 5.97. The van der Waals surface area contributed by atoms with E-state index in [1.54, 1.807) is 0 Å². The summed E-state index contributed by atoms with van der Waals surface area (Å²) in [7, 11) is 0. The molecule has 0 aromatic heterocycles. The van der Waals surface area contributed by atoms with Crippen LogP contribution >= 0.6 is 0 Å². The summed E-state index contributed by atoms with van der Waals surface area (Å²) in [5, 5.41) is 0. The van der Waals surface area contributed by atoms with Gasteiger partial charge in [0.05, 0.1) is 0 Å². The van der Waals surface area contributed by atoms with Gasteiger partial charge in [-0.25, -0.2) is 0 Å². The fraction of sp³-hybridized carbons (Fsp3) is 1.00. The molecule has 1 heterocycles. The van der Waals surface area contributed by atoms with Crippen LogP contribution in [0.1, 0.15) is 58.3 Å². The van der Waals surface area contributed by atoms with Crippen LogP contribution in [0.15, 0.2) is 0 Å². The molecule has 18 heavy (non-hydrogen) atoms. The summed E-state index contributed by atoms with van der Waals surface area (Å²) in [6, 6.07) is 0.769. The van der Waals surface area contributed by atoms with Crippen molar-refractivity contribution >= 4 is 0 Å². The molecule has 3 heteroatoms. The van der Waals surface area contributed by atoms with Crippen LogP contribution in [0.2, 0.25) is 0 Å². The summed E-state index contributed by atoms with van der Waals surface area (Å²) in [5.41, 5.74) is 6.41. The predicted octanol–water partition coefficient (Wildman–Crippen LogP) is 2.54. The van der Waals surface area contributed by atoms with Crippen LogP contribution in [0.4, 0.5) is 0 Å². The van der Waals surface area contributed by atoms with Gasteiger partial charge in [0.15, 0.2) is 0 Å². The molecule has 1 aliphatic heterocycles. The average Bonchev–Trinajstić information content (AvgIpc) is 2.67. The lowest BCUT2D eigenvalue weighted by molar-refractivity contribution is 0.0194. The molecule has 2 N–H and O–H groups in total. The third-order valence-electron chi connectivity index (χ3n) is 4.99. The first-order valence-electron chi connectivity index (χ1n) is 7.87. The highest BCUT2D eigenvalue weighted by molar-refractivity contribution is 4.96. The molecular formula is C15H30N2O. The van der Waals surface area contributed by atoms with Gasteiger partial charge in [-0.3, -0.25) is 4.90 Å². The number of likely N-dealkylation sites (N-methyl/N-ethyl adjacent to an activating group) is 1. The first kappa shape index (κ1) is 14.3. The van der Waals surface area contributed by atoms with Crippen molar-refractivity contribution < 1.29 is 4.74 Å². The van der Waals surface area contributed by atoms with Crippen molar-refractivity contribution in [3.8, 4) is 0 Å². The molecule has 106 valence electrons. The Hall–Kier alpha value is -0.120. The van der Waals surface area contributed by atoms with Crippen molar-refractivity contribution in [3.63, 3.8) is 0 Å². The molecule has 2 rings (SSSR count). The molecule has 0 spiro atoms. The van der Waals surface area contributed by atoms with Crippen LogP contribution in [0.25, 0.3) is 0 Å². The molecule has 3 nitrogen and oxygen atoms in total. The van der Waals surface area contributed by atoms with Crippen LogP contribution in [0.3, 0.4) is 0 Å². The van der Waals surface area contributed by atoms with Crippen molar-refractivity contribution in [1.82, 2.24) is 4.90 Å². The number of nitrogens with zero attached hydrogens (tertiary/aromatic N) is 1. The van der Waals surface area contributed by atoms with E-state index in [-0.39, 0.29) is 5.54 Å². The van der Waals surface area contributed by atoms with Gasteiger partial charge in [0.25, 0.3) is 0 Å². The zero-order valence-corrected chi connectivity index (χ0v) is 12.0. The van der Waals surface area contributed by atoms with Gasteiger partial charge in [0.1, 0.15) is 0 Å². The highest BCUT2D eigenvalue weighted by atomic mass is 16.5. The summed E-state index contributed by atoms with van der Waals surface area (Å²) in [6.07, 6.45) is 10.5. The lowest BCUT2D eigenvalue weighted by atomic mass is 9.84. The number of nitrogens with two attached hydrogens (primary N) is 1. The minimum atomic E-state index is 0.216. The van der Waals surface area contributed by atoms with Crippen LogP contribution in [-0.4, -0.2) is 42.8 Å². The van der Waals surface area contributed by atoms with Crippen molar-refractivity contribution in [2.24, 2.45) is 5.73 Å². The molecule has 0 bridgehead atoms. The first-order chi connectivity index (χ1) is 8.82. The van der Waals surface area contributed by atoms with Crippen LogP contribution in [0, 0.1) is 0 Å². The van der Waals surface area contributed by atoms with Crippen LogP contribution < -0.4 is 5.73 Å². The van der Waals surface area contributed by atoms with Gasteiger partial charge in [-0.2, -0.15) is 0 Å². The highest BCUT2D eigenvalue weighted by Gasteiger charge is 2.39. The minimum Gasteiger partial charge on any atom is -0.381 e. The normalized spacial score (nSPS) is 31.5. The minimum absolute atomic E-state index is 0.216. The van der Waals surface area contributed by atoms with Gasteiger partial charge >= 0.3 is 0 Å². The Morgan fingerprint density at radius 3 is 2.56 bits per heavy atom. The Morgan fingerprint density at radius 2 is 1.89 bits per heavy atom. The Morgan fingerprint density at radius 1 is 1.11 bits per heavy atom. The van der Waals surface area contributed by atoms with Gasteiger partial charge in [-0.1, -0.05) is 26.2 Å². The molecule has 0 radical (unpaired) electrons. The molecular weight excluding hydrogens is 224 g/mol. The van der Waals surface area contributed by atoms with E-state index in [1.165, 1.54) is 44.9 Å². The van der Waals surface area contributed by atoms with Crippen LogP contribution in [0.5, 0.6) is 0 Å². The molecule has 0 aromatic carbocycles. The number of hydrogen-bond donors (Lipinski definition) is 1. The summed E-state index contributed by atoms with van der Waals surface area (Å²) >= 11 is 0. The van der Waals surface area contributed by atoms with E-state index in [0.717, 1.165) is 38.8 Å². The molecule has 1 atom stereocenters. The maximum absolute atomic E-state index is 6.19. The highest BCUT2D eigenvalue weighted by Crippen LogP contribution is 2.33. The first-order valence-corrected chi connectivity index (χ1v) is 7.87. The second-order valence-corrected chi connectivity index (χ2v) is 5.97. The fourth-order valence-electron chi connectivity index (χ4n) is 3.97. The summed E-state index contributed by atoms with van der Waals surface area (Å²) < 4.78 is 5.65. The smallest absolute Gasteiger partial charge is 0.0484 e. The second kappa shape index (κ2) is 6.88. The third kappa shape index (κ3) is 3.06. The maximum atomic E-state index is 6.19. The average molecular weight is 254 g/mol. The SMILES string of the molecule is CCN(C1CCCCC1)C1(CN)CCCOCC1. The number of ether oxygens (including phenoxy) is 1. The van der Waals surface area contributed by atoms with Gasteiger partial charge < -0.3 is 10.5 Å². The zero-order valence-electron chi connectivity index (χ0n) is 12.0. The van der Waals surface area contributed by atoms with E-state index in [9.17, 15) is 0 Å². The van der Waals surface area contributed by atoms with Crippen molar-refractivity contribution in [1.29, 1.82) is 0 Å². The fourth-order valence-corrected chi connectivity index (χ4v) is 3.97. The Labute approximate surface area is 112 Å². The molecule has 1 saturated heterocycles. The third-order valence-corrected chi connectivity index (χ3v) is 4.99. The van der Waals surface area contributed by atoms with E-state index >= 15 is 0 Å². The maximum Gasteiger partial charge on any atom is 0.0484 e. The largest absolute Gasteiger partial charge is 0.381 e. The summed E-state index contributed by atoms with van der Waals surface area (Å²) in [6.45, 7) is 6.05. The molecule has 1 aliphatic carbocycles. The zero-order chi connectivity index (χ0) is 12.8. The van der Waals surface area contributed by atoms with E-state index in [1.807, 2.05) is 0 Å². The van der Waals surface area contributed by atoms with E-state index < -0.39 is 0 Å². The summed E-state index contributed by atoms with van der Waals surface area (Å²) in [4.78, 5) is 2.74. The predicted molar refractivity (Wildman–Crippen MR) is 75.7 cm³/mol. The number of rotatable bonds is 4. The van der Waals surface area contributed by atoms with E-state index in [0.29, 0.717) is 0 Å². The van der Waals surface area contributed by atoms with E-state index in [2.05, 4.69) is 11.8 Å².